The van der Waals surface area contributed by atoms with E-state index >= 15 is 0 Å². The first kappa shape index (κ1) is 37.4. The molecule has 4 rings (SSSR count). The van der Waals surface area contributed by atoms with Gasteiger partial charge in [0, 0.05) is 33.2 Å². The summed E-state index contributed by atoms with van der Waals surface area (Å²) in [5.74, 6) is -1.86. The van der Waals surface area contributed by atoms with Crippen molar-refractivity contribution < 1.29 is 32.7 Å². The number of anilines is 1. The second-order valence-corrected chi connectivity index (χ2v) is 11.2. The molecule has 260 valence electrons. The molecule has 2 aromatic rings. The van der Waals surface area contributed by atoms with E-state index in [2.05, 4.69) is 26.7 Å². The van der Waals surface area contributed by atoms with Gasteiger partial charge in [0.2, 0.25) is 5.91 Å². The molecule has 0 aliphatic carbocycles. The van der Waals surface area contributed by atoms with E-state index in [4.69, 9.17) is 11.6 Å². The summed E-state index contributed by atoms with van der Waals surface area (Å²) in [6.45, 7) is 7.99. The zero-order chi connectivity index (χ0) is 35.2. The lowest BCUT2D eigenvalue weighted by Crippen LogP contribution is -2.66. The van der Waals surface area contributed by atoms with Gasteiger partial charge in [-0.05, 0) is 45.6 Å². The van der Waals surface area contributed by atoms with Gasteiger partial charge in [0.15, 0.2) is 11.4 Å². The Morgan fingerprint density at radius 1 is 1.17 bits per heavy atom. The number of nitrogens with one attached hydrogen (secondary N) is 4. The van der Waals surface area contributed by atoms with Crippen molar-refractivity contribution >= 4 is 35.0 Å². The minimum Gasteiger partial charge on any atom is -0.504 e. The zero-order valence-corrected chi connectivity index (χ0v) is 28.2. The fourth-order valence-corrected chi connectivity index (χ4v) is 5.03. The van der Waals surface area contributed by atoms with E-state index in [-0.39, 0.29) is 54.0 Å². The standard InChI is InChI=1S/C27H36ClF3N10O4.C2H6/c1-6-18-22(39-9-11-40(12-10-39)24(44)21-23(43)15(2)38(5)35-21)25(45)41(36-26(34-33-18)37(3)4)14-20(42)32-19-8-7-16(13-17(19)28)27(29,30)31;1-2/h7-8,13,26,33-34,36,43H,6,9-12,14H2,1-5H3,(H,32,42);1-2H3/b22-18+;. The van der Waals surface area contributed by atoms with Crippen LogP contribution in [0.4, 0.5) is 18.9 Å². The summed E-state index contributed by atoms with van der Waals surface area (Å²) in [5, 5.41) is 17.8. The summed E-state index contributed by atoms with van der Waals surface area (Å²) in [7, 11) is 5.11. The van der Waals surface area contributed by atoms with E-state index in [0.29, 0.717) is 23.9 Å². The maximum Gasteiger partial charge on any atom is 0.416 e. The number of aromatic hydroxyl groups is 1. The highest BCUT2D eigenvalue weighted by Gasteiger charge is 2.36. The molecule has 1 fully saturated rings. The number of hydrazine groups is 2. The van der Waals surface area contributed by atoms with Crippen LogP contribution in [0.25, 0.3) is 0 Å². The number of rotatable bonds is 7. The first-order valence-electron chi connectivity index (χ1n) is 15.0. The average molecular weight is 687 g/mol. The van der Waals surface area contributed by atoms with Crippen molar-refractivity contribution in [1.82, 2.24) is 45.8 Å². The quantitative estimate of drug-likeness (QED) is 0.294. The van der Waals surface area contributed by atoms with E-state index < -0.39 is 42.3 Å². The second-order valence-electron chi connectivity index (χ2n) is 10.8. The number of carbonyl (C=O) groups is 3. The monoisotopic (exact) mass is 686 g/mol. The van der Waals surface area contributed by atoms with Gasteiger partial charge in [0.05, 0.1) is 27.7 Å². The molecule has 1 aromatic heterocycles. The molecule has 3 heterocycles. The van der Waals surface area contributed by atoms with Crippen molar-refractivity contribution in [3.8, 4) is 5.75 Å². The molecule has 0 spiro atoms. The third-order valence-corrected chi connectivity index (χ3v) is 7.81. The molecule has 2 aliphatic heterocycles. The molecule has 1 unspecified atom stereocenters. The smallest absolute Gasteiger partial charge is 0.416 e. The molecule has 47 heavy (non-hydrogen) atoms. The number of hydrogen-bond acceptors (Lipinski definition) is 10. The van der Waals surface area contributed by atoms with Gasteiger partial charge in [-0.2, -0.15) is 23.7 Å². The van der Waals surface area contributed by atoms with Crippen molar-refractivity contribution in [3.63, 3.8) is 0 Å². The Hall–Kier alpha value is -4.06. The van der Waals surface area contributed by atoms with Crippen LogP contribution in [0.3, 0.4) is 0 Å². The number of aryl methyl sites for hydroxylation is 1. The lowest BCUT2D eigenvalue weighted by atomic mass is 10.1. The van der Waals surface area contributed by atoms with Crippen LogP contribution in [0, 0.1) is 6.92 Å². The van der Waals surface area contributed by atoms with Gasteiger partial charge < -0.3 is 25.6 Å². The fourth-order valence-electron chi connectivity index (χ4n) is 4.80. The number of benzene rings is 1. The van der Waals surface area contributed by atoms with E-state index in [1.54, 1.807) is 42.8 Å². The largest absolute Gasteiger partial charge is 0.504 e. The van der Waals surface area contributed by atoms with Crippen LogP contribution in [0.5, 0.6) is 5.75 Å². The van der Waals surface area contributed by atoms with Gasteiger partial charge >= 0.3 is 6.18 Å². The van der Waals surface area contributed by atoms with Gasteiger partial charge in [-0.1, -0.05) is 32.4 Å². The highest BCUT2D eigenvalue weighted by atomic mass is 35.5. The number of aromatic nitrogens is 2. The van der Waals surface area contributed by atoms with E-state index in [1.807, 2.05) is 20.8 Å². The number of hydrogen-bond donors (Lipinski definition) is 5. The molecule has 0 radical (unpaired) electrons. The normalized spacial score (nSPS) is 19.1. The number of amides is 3. The Labute approximate surface area is 276 Å². The number of nitrogens with zero attached hydrogens (tertiary/aromatic N) is 6. The van der Waals surface area contributed by atoms with Crippen molar-refractivity contribution in [2.45, 2.75) is 46.6 Å². The van der Waals surface area contributed by atoms with Crippen LogP contribution in [-0.2, 0) is 22.8 Å². The molecule has 1 aromatic carbocycles. The van der Waals surface area contributed by atoms with Crippen molar-refractivity contribution in [2.24, 2.45) is 7.05 Å². The molecule has 1 saturated heterocycles. The predicted molar refractivity (Wildman–Crippen MR) is 169 cm³/mol. The van der Waals surface area contributed by atoms with E-state index in [9.17, 15) is 32.7 Å². The zero-order valence-electron chi connectivity index (χ0n) is 27.4. The van der Waals surface area contributed by atoms with Gasteiger partial charge in [0.1, 0.15) is 18.5 Å². The third-order valence-electron chi connectivity index (χ3n) is 7.50. The van der Waals surface area contributed by atoms with Crippen LogP contribution < -0.4 is 21.6 Å². The first-order valence-corrected chi connectivity index (χ1v) is 15.4. The Bertz CT molecular complexity index is 1490. The first-order chi connectivity index (χ1) is 22.1. The van der Waals surface area contributed by atoms with Crippen LogP contribution in [0.1, 0.15) is 48.9 Å². The summed E-state index contributed by atoms with van der Waals surface area (Å²) >= 11 is 6.02. The van der Waals surface area contributed by atoms with E-state index in [0.717, 1.165) is 17.1 Å². The molecule has 1 atom stereocenters. The Kier molecular flexibility index (Phi) is 12.5. The maximum atomic E-state index is 14.1. The van der Waals surface area contributed by atoms with E-state index in [1.165, 1.54) is 4.68 Å². The molecule has 3 amide bonds. The van der Waals surface area contributed by atoms with Gasteiger partial charge in [-0.25, -0.2) is 5.43 Å². The number of alkyl halides is 3. The Balaban J connectivity index is 0.00000294. The molecule has 0 saturated carbocycles. The summed E-state index contributed by atoms with van der Waals surface area (Å²) in [4.78, 5) is 45.4. The summed E-state index contributed by atoms with van der Waals surface area (Å²) in [6, 6.07) is 2.56. The maximum absolute atomic E-state index is 14.1. The highest BCUT2D eigenvalue weighted by Crippen LogP contribution is 2.34. The predicted octanol–water partition coefficient (Wildman–Crippen LogP) is 2.44. The SMILES string of the molecule is CC.CC/C1=C(\N2CCN(C(=O)c3nn(C)c(C)c3O)CC2)C(=O)N(CC(=O)Nc2ccc(C(F)(F)F)cc2Cl)NC(N(C)C)NN1. The van der Waals surface area contributed by atoms with Crippen LogP contribution in [0.15, 0.2) is 29.6 Å². The van der Waals surface area contributed by atoms with Crippen LogP contribution >= 0.6 is 11.6 Å². The van der Waals surface area contributed by atoms with Crippen molar-refractivity contribution in [3.05, 3.63) is 51.6 Å². The van der Waals surface area contributed by atoms with Crippen molar-refractivity contribution in [1.29, 1.82) is 0 Å². The minimum absolute atomic E-state index is 0.0435. The van der Waals surface area contributed by atoms with Gasteiger partial charge in [0.25, 0.3) is 11.8 Å². The van der Waals surface area contributed by atoms with Crippen LogP contribution in [0.2, 0.25) is 5.02 Å². The second kappa shape index (κ2) is 15.7. The topological polar surface area (TPSA) is 150 Å². The number of carbonyl (C=O) groups excluding carboxylic acids is 3. The Morgan fingerprint density at radius 3 is 2.32 bits per heavy atom. The van der Waals surface area contributed by atoms with Gasteiger partial charge in [-0.3, -0.25) is 29.0 Å². The van der Waals surface area contributed by atoms with Crippen molar-refractivity contribution in [2.75, 3.05) is 52.1 Å². The fraction of sp³-hybridized carbons (Fsp3) is 0.517. The lowest BCUT2D eigenvalue weighted by molar-refractivity contribution is -0.139. The Morgan fingerprint density at radius 2 is 1.81 bits per heavy atom. The summed E-state index contributed by atoms with van der Waals surface area (Å²) in [5.41, 5.74) is 9.36. The van der Waals surface area contributed by atoms with Crippen LogP contribution in [-0.4, -0.2) is 105 Å². The summed E-state index contributed by atoms with van der Waals surface area (Å²) < 4.78 is 40.6. The molecular weight excluding hydrogens is 645 g/mol. The number of halogens is 4. The molecule has 0 bridgehead atoms. The lowest BCUT2D eigenvalue weighted by Gasteiger charge is -2.41. The van der Waals surface area contributed by atoms with Gasteiger partial charge in [-0.15, -0.1) is 0 Å². The summed E-state index contributed by atoms with van der Waals surface area (Å²) in [6.07, 6.45) is -4.84. The number of allylic oxidation sites excluding steroid dienone is 1. The average Bonchev–Trinajstić information content (AvgIpc) is 3.28. The molecular formula is C29H42ClF3N10O4. The molecule has 14 nitrogen and oxygen atoms in total. The third kappa shape index (κ3) is 8.65. The number of piperazine rings is 1. The highest BCUT2D eigenvalue weighted by molar-refractivity contribution is 6.33. The molecule has 5 N–H and O–H groups in total. The molecule has 2 aliphatic rings. The molecule has 18 heteroatoms. The minimum atomic E-state index is -4.60.